The second-order valence-electron chi connectivity index (χ2n) is 2.86. The zero-order valence-electron chi connectivity index (χ0n) is 9.53. The van der Waals surface area contributed by atoms with Gasteiger partial charge in [-0.1, -0.05) is 19.9 Å². The molecule has 0 saturated heterocycles. The highest BCUT2D eigenvalue weighted by molar-refractivity contribution is 5.91. The molecule has 1 amide bonds. The summed E-state index contributed by atoms with van der Waals surface area (Å²) in [5.41, 5.74) is 1.36. The lowest BCUT2D eigenvalue weighted by Gasteiger charge is -2.08. The van der Waals surface area contributed by atoms with Crippen molar-refractivity contribution in [3.63, 3.8) is 0 Å². The fraction of sp³-hybridized carbons (Fsp3) is 0.455. The van der Waals surface area contributed by atoms with E-state index in [0.29, 0.717) is 5.69 Å². The first-order valence-corrected chi connectivity index (χ1v) is 4.76. The van der Waals surface area contributed by atoms with Gasteiger partial charge in [-0.2, -0.15) is 0 Å². The molecule has 0 aliphatic carbocycles. The van der Waals surface area contributed by atoms with Gasteiger partial charge in [0.15, 0.2) is 0 Å². The van der Waals surface area contributed by atoms with E-state index < -0.39 is 0 Å². The summed E-state index contributed by atoms with van der Waals surface area (Å²) in [7, 11) is 3.43. The minimum atomic E-state index is -0.0568. The molecule has 1 aromatic rings. The van der Waals surface area contributed by atoms with Crippen LogP contribution in [0.15, 0.2) is 18.2 Å². The van der Waals surface area contributed by atoms with E-state index in [1.807, 2.05) is 32.9 Å². The van der Waals surface area contributed by atoms with Gasteiger partial charge in [-0.3, -0.25) is 4.79 Å². The smallest absolute Gasteiger partial charge is 0.271 e. The van der Waals surface area contributed by atoms with Gasteiger partial charge in [0.1, 0.15) is 5.69 Å². The largest absolute Gasteiger partial charge is 0.343 e. The molecule has 1 aromatic heterocycles. The van der Waals surface area contributed by atoms with Crippen LogP contribution in [0.25, 0.3) is 0 Å². The topological polar surface area (TPSA) is 33.2 Å². The number of hydrogen-bond acceptors (Lipinski definition) is 2. The van der Waals surface area contributed by atoms with E-state index in [2.05, 4.69) is 4.98 Å². The van der Waals surface area contributed by atoms with Crippen molar-refractivity contribution in [2.75, 3.05) is 14.1 Å². The molecule has 78 valence electrons. The molecular weight excluding hydrogens is 176 g/mol. The lowest BCUT2D eigenvalue weighted by Crippen LogP contribution is -2.22. The molecule has 0 aromatic carbocycles. The Bertz CT molecular complexity index is 295. The molecule has 0 aliphatic heterocycles. The van der Waals surface area contributed by atoms with Crippen LogP contribution in [-0.2, 0) is 0 Å². The Morgan fingerprint density at radius 1 is 1.29 bits per heavy atom. The standard InChI is InChI=1S/C9H12N2O.C2H6/c1-7-5-4-6-8(10-7)9(12)11(2)3;1-2/h4-6H,1-3H3;1-2H3. The molecule has 14 heavy (non-hydrogen) atoms. The molecule has 0 spiro atoms. The van der Waals surface area contributed by atoms with E-state index in [1.165, 1.54) is 4.90 Å². The molecule has 1 rings (SSSR count). The van der Waals surface area contributed by atoms with Crippen LogP contribution in [0.4, 0.5) is 0 Å². The van der Waals surface area contributed by atoms with E-state index in [9.17, 15) is 4.79 Å². The number of aryl methyl sites for hydroxylation is 1. The molecule has 1 heterocycles. The van der Waals surface area contributed by atoms with Gasteiger partial charge in [0.2, 0.25) is 0 Å². The highest BCUT2D eigenvalue weighted by atomic mass is 16.2. The third-order valence-electron chi connectivity index (χ3n) is 1.51. The lowest BCUT2D eigenvalue weighted by atomic mass is 10.3. The Balaban J connectivity index is 0.000000791. The van der Waals surface area contributed by atoms with Gasteiger partial charge in [0, 0.05) is 19.8 Å². The quantitative estimate of drug-likeness (QED) is 0.686. The van der Waals surface area contributed by atoms with Crippen LogP contribution in [0.2, 0.25) is 0 Å². The van der Waals surface area contributed by atoms with Crippen LogP contribution in [-0.4, -0.2) is 29.9 Å². The first kappa shape index (κ1) is 12.6. The van der Waals surface area contributed by atoms with Crippen molar-refractivity contribution >= 4 is 5.91 Å². The van der Waals surface area contributed by atoms with Gasteiger partial charge in [-0.15, -0.1) is 0 Å². The molecule has 0 N–H and O–H groups in total. The van der Waals surface area contributed by atoms with Gasteiger partial charge in [-0.25, -0.2) is 4.98 Å². The SMILES string of the molecule is CC.Cc1cccc(C(=O)N(C)C)n1. The van der Waals surface area contributed by atoms with Gasteiger partial charge in [0.05, 0.1) is 0 Å². The molecule has 3 nitrogen and oxygen atoms in total. The molecule has 0 aliphatic rings. The zero-order chi connectivity index (χ0) is 11.1. The third-order valence-corrected chi connectivity index (χ3v) is 1.51. The van der Waals surface area contributed by atoms with Crippen molar-refractivity contribution in [3.8, 4) is 0 Å². The van der Waals surface area contributed by atoms with E-state index in [-0.39, 0.29) is 5.91 Å². The number of pyridine rings is 1. The number of nitrogens with zero attached hydrogens (tertiary/aromatic N) is 2. The second kappa shape index (κ2) is 6.13. The third kappa shape index (κ3) is 3.56. The fourth-order valence-corrected chi connectivity index (χ4v) is 0.891. The summed E-state index contributed by atoms with van der Waals surface area (Å²) >= 11 is 0. The first-order chi connectivity index (χ1) is 6.61. The molecule has 0 fully saturated rings. The van der Waals surface area contributed by atoms with Crippen LogP contribution < -0.4 is 0 Å². The lowest BCUT2D eigenvalue weighted by molar-refractivity contribution is 0.0822. The van der Waals surface area contributed by atoms with Crippen molar-refractivity contribution in [1.29, 1.82) is 0 Å². The number of carbonyl (C=O) groups excluding carboxylic acids is 1. The molecule has 0 saturated carbocycles. The molecule has 0 unspecified atom stereocenters. The molecule has 3 heteroatoms. The Hall–Kier alpha value is -1.38. The van der Waals surface area contributed by atoms with Crippen LogP contribution >= 0.6 is 0 Å². The Morgan fingerprint density at radius 2 is 1.86 bits per heavy atom. The average Bonchev–Trinajstić information content (AvgIpc) is 2.19. The van der Waals surface area contributed by atoms with Crippen LogP contribution in [0.1, 0.15) is 30.0 Å². The zero-order valence-corrected chi connectivity index (χ0v) is 9.53. The maximum Gasteiger partial charge on any atom is 0.271 e. The normalized spacial score (nSPS) is 8.64. The van der Waals surface area contributed by atoms with Crippen LogP contribution in [0, 0.1) is 6.92 Å². The first-order valence-electron chi connectivity index (χ1n) is 4.76. The number of amides is 1. The summed E-state index contributed by atoms with van der Waals surface area (Å²) in [5, 5.41) is 0. The Kier molecular flexibility index (Phi) is 5.53. The highest BCUT2D eigenvalue weighted by Gasteiger charge is 2.07. The van der Waals surface area contributed by atoms with E-state index in [4.69, 9.17) is 0 Å². The molecular formula is C11H18N2O. The van der Waals surface area contributed by atoms with Crippen molar-refractivity contribution in [1.82, 2.24) is 9.88 Å². The molecule has 0 atom stereocenters. The number of rotatable bonds is 1. The summed E-state index contributed by atoms with van der Waals surface area (Å²) in [6.45, 7) is 5.87. The van der Waals surface area contributed by atoms with Gasteiger partial charge in [-0.05, 0) is 19.1 Å². The predicted molar refractivity (Wildman–Crippen MR) is 58.3 cm³/mol. The van der Waals surface area contributed by atoms with Crippen molar-refractivity contribution in [2.24, 2.45) is 0 Å². The molecule has 0 bridgehead atoms. The number of carbonyl (C=O) groups is 1. The second-order valence-corrected chi connectivity index (χ2v) is 2.86. The fourth-order valence-electron chi connectivity index (χ4n) is 0.891. The summed E-state index contributed by atoms with van der Waals surface area (Å²) in [4.78, 5) is 17.0. The minimum Gasteiger partial charge on any atom is -0.343 e. The summed E-state index contributed by atoms with van der Waals surface area (Å²) in [6.07, 6.45) is 0. The van der Waals surface area contributed by atoms with Gasteiger partial charge >= 0.3 is 0 Å². The number of hydrogen-bond donors (Lipinski definition) is 0. The van der Waals surface area contributed by atoms with Gasteiger partial charge < -0.3 is 4.90 Å². The number of aromatic nitrogens is 1. The Labute approximate surface area is 85.8 Å². The maximum atomic E-state index is 11.4. The molecule has 0 radical (unpaired) electrons. The van der Waals surface area contributed by atoms with Crippen LogP contribution in [0.5, 0.6) is 0 Å². The van der Waals surface area contributed by atoms with Crippen molar-refractivity contribution in [2.45, 2.75) is 20.8 Å². The monoisotopic (exact) mass is 194 g/mol. The Morgan fingerprint density at radius 3 is 2.29 bits per heavy atom. The van der Waals surface area contributed by atoms with Crippen molar-refractivity contribution < 1.29 is 4.79 Å². The highest BCUT2D eigenvalue weighted by Crippen LogP contribution is 2.00. The van der Waals surface area contributed by atoms with E-state index >= 15 is 0 Å². The van der Waals surface area contributed by atoms with E-state index in [0.717, 1.165) is 5.69 Å². The summed E-state index contributed by atoms with van der Waals surface area (Å²) in [5.74, 6) is -0.0568. The van der Waals surface area contributed by atoms with Gasteiger partial charge in [0.25, 0.3) is 5.91 Å². The van der Waals surface area contributed by atoms with Crippen LogP contribution in [0.3, 0.4) is 0 Å². The maximum absolute atomic E-state index is 11.4. The minimum absolute atomic E-state index is 0.0568. The summed E-state index contributed by atoms with van der Waals surface area (Å²) in [6, 6.07) is 5.42. The summed E-state index contributed by atoms with van der Waals surface area (Å²) < 4.78 is 0. The average molecular weight is 194 g/mol. The predicted octanol–water partition coefficient (Wildman–Crippen LogP) is 2.12. The van der Waals surface area contributed by atoms with E-state index in [1.54, 1.807) is 20.2 Å². The van der Waals surface area contributed by atoms with Crippen molar-refractivity contribution in [3.05, 3.63) is 29.6 Å².